The van der Waals surface area contributed by atoms with Crippen LogP contribution in [-0.2, 0) is 19.1 Å². The second-order valence-electron chi connectivity index (χ2n) is 7.77. The highest BCUT2D eigenvalue weighted by Gasteiger charge is 2.38. The van der Waals surface area contributed by atoms with Crippen molar-refractivity contribution >= 4 is 41.2 Å². The lowest BCUT2D eigenvalue weighted by Crippen LogP contribution is -2.59. The smallest absolute Gasteiger partial charge is 0.331 e. The summed E-state index contributed by atoms with van der Waals surface area (Å²) in [5, 5.41) is 3.93. The second-order valence-corrected chi connectivity index (χ2v) is 8.61. The number of ether oxygens (including phenoxy) is 2. The molecule has 1 amide bonds. The molecule has 3 rings (SSSR count). The van der Waals surface area contributed by atoms with Gasteiger partial charge in [-0.05, 0) is 36.6 Å². The van der Waals surface area contributed by atoms with E-state index in [0.717, 1.165) is 39.1 Å². The van der Waals surface area contributed by atoms with Gasteiger partial charge < -0.3 is 14.8 Å². The predicted octanol–water partition coefficient (Wildman–Crippen LogP) is 3.70. The number of rotatable bonds is 7. The number of halogens is 2. The number of benzene rings is 1. The van der Waals surface area contributed by atoms with E-state index in [1.54, 1.807) is 18.2 Å². The fraction of sp³-hybridized carbons (Fsp3) is 0.545. The van der Waals surface area contributed by atoms with Crippen LogP contribution in [0, 0.1) is 0 Å². The van der Waals surface area contributed by atoms with Gasteiger partial charge in [0.05, 0.1) is 13.2 Å². The molecule has 0 bridgehead atoms. The first-order valence-corrected chi connectivity index (χ1v) is 11.1. The quantitative estimate of drug-likeness (QED) is 0.502. The number of nitrogens with zero attached hydrogens (tertiary/aromatic N) is 1. The zero-order valence-corrected chi connectivity index (χ0v) is 18.5. The third-order valence-corrected chi connectivity index (χ3v) is 6.35. The minimum atomic E-state index is -0.600. The van der Waals surface area contributed by atoms with Crippen LogP contribution in [0.15, 0.2) is 24.3 Å². The van der Waals surface area contributed by atoms with Gasteiger partial charge in [-0.2, -0.15) is 0 Å². The Kier molecular flexibility index (Phi) is 8.57. The molecule has 1 aromatic carbocycles. The minimum Gasteiger partial charge on any atom is -0.452 e. The highest BCUT2D eigenvalue weighted by Crippen LogP contribution is 2.33. The van der Waals surface area contributed by atoms with Crippen LogP contribution < -0.4 is 5.32 Å². The predicted molar refractivity (Wildman–Crippen MR) is 118 cm³/mol. The van der Waals surface area contributed by atoms with E-state index in [1.165, 1.54) is 31.4 Å². The van der Waals surface area contributed by atoms with E-state index in [4.69, 9.17) is 32.7 Å². The number of carbonyl (C=O) groups is 2. The van der Waals surface area contributed by atoms with E-state index >= 15 is 0 Å². The third kappa shape index (κ3) is 6.45. The molecule has 30 heavy (non-hydrogen) atoms. The van der Waals surface area contributed by atoms with Crippen molar-refractivity contribution in [1.29, 1.82) is 0 Å². The van der Waals surface area contributed by atoms with Gasteiger partial charge in [0, 0.05) is 41.3 Å². The van der Waals surface area contributed by atoms with Crippen molar-refractivity contribution in [3.05, 3.63) is 39.9 Å². The lowest BCUT2D eigenvalue weighted by atomic mass is 9.79. The molecule has 0 atom stereocenters. The Labute approximate surface area is 187 Å². The van der Waals surface area contributed by atoms with Crippen LogP contribution in [0.4, 0.5) is 0 Å². The van der Waals surface area contributed by atoms with Gasteiger partial charge in [-0.3, -0.25) is 9.69 Å². The molecule has 1 heterocycles. The van der Waals surface area contributed by atoms with Gasteiger partial charge in [-0.25, -0.2) is 4.79 Å². The van der Waals surface area contributed by atoms with Crippen LogP contribution in [0.1, 0.15) is 37.7 Å². The molecule has 1 aromatic rings. The summed E-state index contributed by atoms with van der Waals surface area (Å²) in [7, 11) is 0. The first kappa shape index (κ1) is 23.1. The lowest BCUT2D eigenvalue weighted by molar-refractivity contribution is -0.144. The largest absolute Gasteiger partial charge is 0.452 e. The third-order valence-electron chi connectivity index (χ3n) is 5.79. The summed E-state index contributed by atoms with van der Waals surface area (Å²) in [4.78, 5) is 26.7. The Bertz CT molecular complexity index is 772. The lowest BCUT2D eigenvalue weighted by Gasteiger charge is -2.48. The molecule has 0 aromatic heterocycles. The van der Waals surface area contributed by atoms with Crippen molar-refractivity contribution in [1.82, 2.24) is 10.2 Å². The SMILES string of the molecule is O=C(COC(=O)/C=C/c1ccc(Cl)cc1Cl)NCC1(N2CCOCC2)CCCCC1. The van der Waals surface area contributed by atoms with Crippen LogP contribution in [0.3, 0.4) is 0 Å². The maximum Gasteiger partial charge on any atom is 0.331 e. The highest BCUT2D eigenvalue weighted by molar-refractivity contribution is 6.35. The minimum absolute atomic E-state index is 0.0209. The average Bonchev–Trinajstić information content (AvgIpc) is 2.77. The molecule has 1 saturated heterocycles. The monoisotopic (exact) mass is 454 g/mol. The molecular formula is C22H28Cl2N2O4. The van der Waals surface area contributed by atoms with Gasteiger partial charge in [0.2, 0.25) is 0 Å². The van der Waals surface area contributed by atoms with E-state index < -0.39 is 5.97 Å². The highest BCUT2D eigenvalue weighted by atomic mass is 35.5. The van der Waals surface area contributed by atoms with Crippen LogP contribution in [0.5, 0.6) is 0 Å². The number of amides is 1. The summed E-state index contributed by atoms with van der Waals surface area (Å²) < 4.78 is 10.6. The summed E-state index contributed by atoms with van der Waals surface area (Å²) in [6.45, 7) is 3.51. The Balaban J connectivity index is 1.47. The summed E-state index contributed by atoms with van der Waals surface area (Å²) in [5.41, 5.74) is 0.625. The average molecular weight is 455 g/mol. The van der Waals surface area contributed by atoms with Gasteiger partial charge in [0.15, 0.2) is 6.61 Å². The van der Waals surface area contributed by atoms with Crippen molar-refractivity contribution < 1.29 is 19.1 Å². The first-order valence-electron chi connectivity index (χ1n) is 10.4. The summed E-state index contributed by atoms with van der Waals surface area (Å²) in [6, 6.07) is 4.98. The summed E-state index contributed by atoms with van der Waals surface area (Å²) in [5.74, 6) is -0.892. The normalized spacial score (nSPS) is 19.5. The van der Waals surface area contributed by atoms with E-state index in [-0.39, 0.29) is 18.1 Å². The Hall–Kier alpha value is -1.60. The van der Waals surface area contributed by atoms with Crippen LogP contribution >= 0.6 is 23.2 Å². The summed E-state index contributed by atoms with van der Waals surface area (Å²) >= 11 is 11.9. The molecular weight excluding hydrogens is 427 g/mol. The molecule has 1 aliphatic carbocycles. The fourth-order valence-electron chi connectivity index (χ4n) is 4.15. The zero-order valence-electron chi connectivity index (χ0n) is 17.0. The molecule has 0 unspecified atom stereocenters. The molecule has 1 aliphatic heterocycles. The molecule has 2 fully saturated rings. The van der Waals surface area contributed by atoms with Crippen molar-refractivity contribution in [2.45, 2.75) is 37.6 Å². The molecule has 6 nitrogen and oxygen atoms in total. The topological polar surface area (TPSA) is 67.9 Å². The molecule has 2 aliphatic rings. The number of hydrogen-bond acceptors (Lipinski definition) is 5. The Morgan fingerprint density at radius 3 is 2.60 bits per heavy atom. The molecule has 0 radical (unpaired) electrons. The molecule has 8 heteroatoms. The van der Waals surface area contributed by atoms with Crippen molar-refractivity contribution in [3.8, 4) is 0 Å². The van der Waals surface area contributed by atoms with E-state index in [2.05, 4.69) is 10.2 Å². The Morgan fingerprint density at radius 2 is 1.90 bits per heavy atom. The number of nitrogens with one attached hydrogen (secondary N) is 1. The molecule has 164 valence electrons. The maximum absolute atomic E-state index is 12.3. The Morgan fingerprint density at radius 1 is 1.17 bits per heavy atom. The maximum atomic E-state index is 12.3. The number of hydrogen-bond donors (Lipinski definition) is 1. The van der Waals surface area contributed by atoms with Crippen LogP contribution in [0.2, 0.25) is 10.0 Å². The number of esters is 1. The van der Waals surface area contributed by atoms with Gasteiger partial charge in [0.25, 0.3) is 5.91 Å². The van der Waals surface area contributed by atoms with Crippen molar-refractivity contribution in [2.24, 2.45) is 0 Å². The molecule has 0 spiro atoms. The second kappa shape index (κ2) is 11.1. The molecule has 1 saturated carbocycles. The molecule has 1 N–H and O–H groups in total. The van der Waals surface area contributed by atoms with Gasteiger partial charge in [-0.15, -0.1) is 0 Å². The van der Waals surface area contributed by atoms with E-state index in [1.807, 2.05) is 0 Å². The van der Waals surface area contributed by atoms with Crippen molar-refractivity contribution in [2.75, 3.05) is 39.5 Å². The fourth-order valence-corrected chi connectivity index (χ4v) is 4.62. The number of carbonyl (C=O) groups excluding carboxylic acids is 2. The van der Waals surface area contributed by atoms with Crippen molar-refractivity contribution in [3.63, 3.8) is 0 Å². The van der Waals surface area contributed by atoms with Gasteiger partial charge in [-0.1, -0.05) is 48.5 Å². The van der Waals surface area contributed by atoms with Gasteiger partial charge >= 0.3 is 5.97 Å². The van der Waals surface area contributed by atoms with E-state index in [9.17, 15) is 9.59 Å². The first-order chi connectivity index (χ1) is 14.5. The van der Waals surface area contributed by atoms with E-state index in [0.29, 0.717) is 22.2 Å². The van der Waals surface area contributed by atoms with Gasteiger partial charge in [0.1, 0.15) is 0 Å². The summed E-state index contributed by atoms with van der Waals surface area (Å²) in [6.07, 6.45) is 8.49. The standard InChI is InChI=1S/C22H28Cl2N2O4/c23-18-6-4-17(19(24)14-18)5-7-21(28)30-15-20(27)25-16-22(8-2-1-3-9-22)26-10-12-29-13-11-26/h4-7,14H,1-3,8-13,15-16H2,(H,25,27)/b7-5+. The zero-order chi connectivity index (χ0) is 21.4. The van der Waals surface area contributed by atoms with Crippen LogP contribution in [0.25, 0.3) is 6.08 Å². The number of morpholine rings is 1. The van der Waals surface area contributed by atoms with Crippen LogP contribution in [-0.4, -0.2) is 61.8 Å².